The van der Waals surface area contributed by atoms with Crippen molar-refractivity contribution in [1.29, 1.82) is 0 Å². The van der Waals surface area contributed by atoms with E-state index >= 15 is 0 Å². The Bertz CT molecular complexity index is 1190. The van der Waals surface area contributed by atoms with Gasteiger partial charge in [0.15, 0.2) is 0 Å². The van der Waals surface area contributed by atoms with Crippen molar-refractivity contribution in [2.75, 3.05) is 20.3 Å². The maximum atomic E-state index is 12.1. The molecule has 6 nitrogen and oxygen atoms in total. The first-order valence-electron chi connectivity index (χ1n) is 10.4. The SMILES string of the molecule is C1CCNC1.CF.Cc1cccc(-c2nc[nH]c2-c2ccc3c(c2)n(C)c(=O)n3C)c1. The lowest BCUT2D eigenvalue weighted by molar-refractivity contribution is 0.636. The van der Waals surface area contributed by atoms with Crippen LogP contribution in [0.4, 0.5) is 4.39 Å². The van der Waals surface area contributed by atoms with Gasteiger partial charge in [-0.25, -0.2) is 9.78 Å². The average Bonchev–Trinajstić information content (AvgIpc) is 3.56. The van der Waals surface area contributed by atoms with E-state index in [1.807, 2.05) is 24.3 Å². The highest BCUT2D eigenvalue weighted by Crippen LogP contribution is 2.31. The summed E-state index contributed by atoms with van der Waals surface area (Å²) >= 11 is 0. The van der Waals surface area contributed by atoms with Crippen LogP contribution in [-0.4, -0.2) is 39.4 Å². The number of rotatable bonds is 2. The fourth-order valence-electron chi connectivity index (χ4n) is 3.81. The number of nitrogens with one attached hydrogen (secondary N) is 2. The molecule has 4 aromatic rings. The number of benzene rings is 2. The number of nitrogens with zero attached hydrogens (tertiary/aromatic N) is 3. The molecular weight excluding hydrogens is 393 g/mol. The second kappa shape index (κ2) is 10.2. The maximum Gasteiger partial charge on any atom is 0.328 e. The Balaban J connectivity index is 0.000000337. The van der Waals surface area contributed by atoms with E-state index in [-0.39, 0.29) is 5.69 Å². The minimum Gasteiger partial charge on any atom is -0.344 e. The van der Waals surface area contributed by atoms with E-state index in [4.69, 9.17) is 0 Å². The van der Waals surface area contributed by atoms with Crippen molar-refractivity contribution in [1.82, 2.24) is 24.4 Å². The summed E-state index contributed by atoms with van der Waals surface area (Å²) in [5.74, 6) is 0. The number of aryl methyl sites for hydroxylation is 3. The fraction of sp³-hybridized carbons (Fsp3) is 0.333. The van der Waals surface area contributed by atoms with Gasteiger partial charge in [-0.3, -0.25) is 13.5 Å². The second-order valence-corrected chi connectivity index (χ2v) is 7.56. The van der Waals surface area contributed by atoms with E-state index in [0.717, 1.165) is 33.5 Å². The molecule has 0 spiro atoms. The summed E-state index contributed by atoms with van der Waals surface area (Å²) in [5, 5.41) is 3.22. The summed E-state index contributed by atoms with van der Waals surface area (Å²) < 4.78 is 12.8. The summed E-state index contributed by atoms with van der Waals surface area (Å²) in [5.41, 5.74) is 6.96. The van der Waals surface area contributed by atoms with Crippen LogP contribution in [0.2, 0.25) is 0 Å². The Hall–Kier alpha value is -3.19. The molecule has 1 aliphatic rings. The van der Waals surface area contributed by atoms with Crippen molar-refractivity contribution >= 4 is 11.0 Å². The molecule has 3 heterocycles. The van der Waals surface area contributed by atoms with Gasteiger partial charge in [0, 0.05) is 25.2 Å². The number of hydrogen-bond acceptors (Lipinski definition) is 3. The van der Waals surface area contributed by atoms with E-state index in [9.17, 15) is 9.18 Å². The van der Waals surface area contributed by atoms with Crippen LogP contribution in [0.3, 0.4) is 0 Å². The third-order valence-corrected chi connectivity index (χ3v) is 5.45. The molecule has 1 fully saturated rings. The highest BCUT2D eigenvalue weighted by molar-refractivity contribution is 5.86. The molecule has 0 aliphatic carbocycles. The molecular formula is C24H30FN5O. The number of alkyl halides is 1. The van der Waals surface area contributed by atoms with Gasteiger partial charge in [0.2, 0.25) is 0 Å². The van der Waals surface area contributed by atoms with Gasteiger partial charge in [0.05, 0.1) is 35.9 Å². The zero-order valence-electron chi connectivity index (χ0n) is 18.6. The molecule has 0 bridgehead atoms. The first kappa shape index (κ1) is 22.5. The van der Waals surface area contributed by atoms with Gasteiger partial charge in [-0.15, -0.1) is 0 Å². The molecule has 0 amide bonds. The molecule has 2 aromatic carbocycles. The number of hydrogen-bond donors (Lipinski definition) is 2. The van der Waals surface area contributed by atoms with Crippen molar-refractivity contribution in [2.45, 2.75) is 19.8 Å². The van der Waals surface area contributed by atoms with E-state index in [0.29, 0.717) is 7.18 Å². The van der Waals surface area contributed by atoms with Crippen LogP contribution < -0.4 is 11.0 Å². The Morgan fingerprint density at radius 3 is 2.29 bits per heavy atom. The van der Waals surface area contributed by atoms with Crippen LogP contribution in [-0.2, 0) is 14.1 Å². The fourth-order valence-corrected chi connectivity index (χ4v) is 3.81. The van der Waals surface area contributed by atoms with Crippen LogP contribution >= 0.6 is 0 Å². The number of H-pyrrole nitrogens is 1. The molecule has 0 atom stereocenters. The van der Waals surface area contributed by atoms with Crippen LogP contribution in [0.15, 0.2) is 53.6 Å². The molecule has 1 saturated heterocycles. The standard InChI is InChI=1S/C19H18N4O.C4H9N.CH3F/c1-12-5-4-6-13(9-12)17-18(21-11-20-17)14-7-8-15-16(10-14)23(3)19(24)22(15)2;1-2-4-5-3-1;1-2/h4-11H,1-3H3,(H,20,21);5H,1-4H2;1H3. The van der Waals surface area contributed by atoms with Crippen molar-refractivity contribution in [3.63, 3.8) is 0 Å². The zero-order valence-corrected chi connectivity index (χ0v) is 18.6. The Morgan fingerprint density at radius 2 is 1.65 bits per heavy atom. The lowest BCUT2D eigenvalue weighted by Gasteiger charge is -2.05. The summed E-state index contributed by atoms with van der Waals surface area (Å²) in [7, 11) is 4.08. The molecule has 2 aromatic heterocycles. The highest BCUT2D eigenvalue weighted by Gasteiger charge is 2.14. The molecule has 0 radical (unpaired) electrons. The normalized spacial score (nSPS) is 12.8. The van der Waals surface area contributed by atoms with Crippen molar-refractivity contribution < 1.29 is 4.39 Å². The predicted molar refractivity (Wildman–Crippen MR) is 125 cm³/mol. The van der Waals surface area contributed by atoms with Crippen LogP contribution in [0, 0.1) is 6.92 Å². The van der Waals surface area contributed by atoms with E-state index in [1.54, 1.807) is 29.6 Å². The molecule has 7 heteroatoms. The quantitative estimate of drug-likeness (QED) is 0.508. The lowest BCUT2D eigenvalue weighted by Crippen LogP contribution is -2.19. The zero-order chi connectivity index (χ0) is 22.4. The van der Waals surface area contributed by atoms with Crippen LogP contribution in [0.1, 0.15) is 18.4 Å². The number of halogens is 1. The molecule has 5 rings (SSSR count). The van der Waals surface area contributed by atoms with Crippen molar-refractivity contribution in [3.8, 4) is 22.5 Å². The second-order valence-electron chi connectivity index (χ2n) is 7.56. The smallest absolute Gasteiger partial charge is 0.328 e. The van der Waals surface area contributed by atoms with Gasteiger partial charge >= 0.3 is 5.69 Å². The number of fused-ring (bicyclic) bond motifs is 1. The van der Waals surface area contributed by atoms with Crippen LogP contribution in [0.25, 0.3) is 33.5 Å². The third kappa shape index (κ3) is 4.77. The minimum absolute atomic E-state index is 0.0225. The Morgan fingerprint density at radius 1 is 0.935 bits per heavy atom. The summed E-state index contributed by atoms with van der Waals surface area (Å²) in [6.45, 7) is 4.57. The van der Waals surface area contributed by atoms with Crippen molar-refractivity contribution in [2.24, 2.45) is 14.1 Å². The van der Waals surface area contributed by atoms with E-state index in [2.05, 4.69) is 40.4 Å². The van der Waals surface area contributed by atoms with Gasteiger partial charge in [-0.05, 0) is 51.1 Å². The number of imidazole rings is 2. The average molecular weight is 424 g/mol. The Labute approximate surface area is 181 Å². The number of aromatic amines is 1. The van der Waals surface area contributed by atoms with E-state index < -0.39 is 0 Å². The number of aromatic nitrogens is 4. The summed E-state index contributed by atoms with van der Waals surface area (Å²) in [6, 6.07) is 14.3. The first-order chi connectivity index (χ1) is 15.1. The Kier molecular flexibility index (Phi) is 7.41. The van der Waals surface area contributed by atoms with Crippen molar-refractivity contribution in [3.05, 3.63) is 64.8 Å². The van der Waals surface area contributed by atoms with Gasteiger partial charge in [-0.1, -0.05) is 29.8 Å². The highest BCUT2D eigenvalue weighted by atomic mass is 19.1. The molecule has 0 saturated carbocycles. The lowest BCUT2D eigenvalue weighted by atomic mass is 10.0. The monoisotopic (exact) mass is 423 g/mol. The third-order valence-electron chi connectivity index (χ3n) is 5.45. The maximum absolute atomic E-state index is 12.1. The molecule has 164 valence electrons. The molecule has 31 heavy (non-hydrogen) atoms. The van der Waals surface area contributed by atoms with Gasteiger partial charge in [0.1, 0.15) is 0 Å². The first-order valence-corrected chi connectivity index (χ1v) is 10.4. The molecule has 0 unspecified atom stereocenters. The van der Waals surface area contributed by atoms with Gasteiger partial charge in [0.25, 0.3) is 0 Å². The van der Waals surface area contributed by atoms with Crippen LogP contribution in [0.5, 0.6) is 0 Å². The molecule has 1 aliphatic heterocycles. The van der Waals surface area contributed by atoms with Gasteiger partial charge < -0.3 is 10.3 Å². The molecule has 2 N–H and O–H groups in total. The summed E-state index contributed by atoms with van der Waals surface area (Å²) in [6.07, 6.45) is 4.49. The minimum atomic E-state index is -0.0225. The summed E-state index contributed by atoms with van der Waals surface area (Å²) in [4.78, 5) is 19.9. The van der Waals surface area contributed by atoms with Gasteiger partial charge in [-0.2, -0.15) is 0 Å². The largest absolute Gasteiger partial charge is 0.344 e. The predicted octanol–water partition coefficient (Wildman–Crippen LogP) is 4.20. The van der Waals surface area contributed by atoms with E-state index in [1.165, 1.54) is 31.5 Å². The topological polar surface area (TPSA) is 67.6 Å².